The second-order valence-corrected chi connectivity index (χ2v) is 5.56. The minimum atomic E-state index is 0.784. The van der Waals surface area contributed by atoms with Gasteiger partial charge in [0.2, 0.25) is 0 Å². The van der Waals surface area contributed by atoms with Crippen molar-refractivity contribution in [3.05, 3.63) is 52.8 Å². The third-order valence-corrected chi connectivity index (χ3v) is 3.80. The van der Waals surface area contributed by atoms with Crippen molar-refractivity contribution in [1.82, 2.24) is 4.90 Å². The van der Waals surface area contributed by atoms with Gasteiger partial charge in [0.15, 0.2) is 0 Å². The first kappa shape index (κ1) is 15.1. The summed E-state index contributed by atoms with van der Waals surface area (Å²) in [6.45, 7) is 3.27. The van der Waals surface area contributed by atoms with Crippen LogP contribution >= 0.6 is 11.6 Å². The molecule has 0 atom stereocenters. The predicted molar refractivity (Wildman–Crippen MR) is 85.9 cm³/mol. The summed E-state index contributed by atoms with van der Waals surface area (Å²) in [7, 11) is 1.73. The Morgan fingerprint density at radius 3 is 2.75 bits per heavy atom. The molecule has 0 aromatic heterocycles. The molecule has 0 aliphatic carbocycles. The molecule has 1 aliphatic heterocycles. The highest BCUT2D eigenvalue weighted by molar-refractivity contribution is 6.30. The second kappa shape index (κ2) is 8.13. The zero-order valence-corrected chi connectivity index (χ0v) is 12.8. The molecular weight excluding hydrogens is 270 g/mol. The van der Waals surface area contributed by atoms with E-state index in [0.29, 0.717) is 0 Å². The first-order valence-corrected chi connectivity index (χ1v) is 7.51. The van der Waals surface area contributed by atoms with E-state index in [1.807, 2.05) is 30.5 Å². The van der Waals surface area contributed by atoms with Crippen molar-refractivity contribution in [2.24, 2.45) is 0 Å². The fourth-order valence-electron chi connectivity index (χ4n) is 2.45. The van der Waals surface area contributed by atoms with Gasteiger partial charge in [-0.25, -0.2) is 0 Å². The maximum absolute atomic E-state index is 5.88. The first-order chi connectivity index (χ1) is 9.78. The molecule has 1 aromatic rings. The normalized spacial score (nSPS) is 19.4. The molecule has 0 amide bonds. The number of hydrogen-bond donors (Lipinski definition) is 0. The van der Waals surface area contributed by atoms with Crippen molar-refractivity contribution in [3.8, 4) is 0 Å². The lowest BCUT2D eigenvalue weighted by molar-refractivity contribution is 0.315. The fraction of sp³-hybridized carbons (Fsp3) is 0.412. The van der Waals surface area contributed by atoms with Crippen LogP contribution in [0.1, 0.15) is 24.8 Å². The van der Waals surface area contributed by atoms with E-state index in [-0.39, 0.29) is 0 Å². The number of benzene rings is 1. The Morgan fingerprint density at radius 2 is 2.00 bits per heavy atom. The first-order valence-electron chi connectivity index (χ1n) is 7.13. The summed E-state index contributed by atoms with van der Waals surface area (Å²) < 4.78 is 5.12. The van der Waals surface area contributed by atoms with Gasteiger partial charge in [-0.15, -0.1) is 0 Å². The largest absolute Gasteiger partial charge is 0.504 e. The average molecular weight is 292 g/mol. The number of methoxy groups -OCH3 is 1. The van der Waals surface area contributed by atoms with Gasteiger partial charge in [-0.2, -0.15) is 0 Å². The Labute approximate surface area is 126 Å². The van der Waals surface area contributed by atoms with E-state index in [1.165, 1.54) is 17.6 Å². The van der Waals surface area contributed by atoms with Gasteiger partial charge in [-0.05, 0) is 49.1 Å². The standard InChI is InChI=1S/C17H22ClNO/c1-20-14-16-5-3-12-19(13-10-16)11-2-4-15-6-8-17(18)9-7-15/h2,4,6-9,14H,3,5,10-13H2,1H3. The number of nitrogens with zero attached hydrogens (tertiary/aromatic N) is 1. The van der Waals surface area contributed by atoms with Gasteiger partial charge in [0.1, 0.15) is 0 Å². The van der Waals surface area contributed by atoms with Gasteiger partial charge in [-0.1, -0.05) is 35.9 Å². The molecule has 0 saturated carbocycles. The van der Waals surface area contributed by atoms with Gasteiger partial charge in [0.05, 0.1) is 13.4 Å². The summed E-state index contributed by atoms with van der Waals surface area (Å²) in [4.78, 5) is 2.49. The molecule has 3 heteroatoms. The van der Waals surface area contributed by atoms with E-state index in [1.54, 1.807) is 7.11 Å². The molecule has 1 aromatic carbocycles. The maximum atomic E-state index is 5.88. The van der Waals surface area contributed by atoms with Gasteiger partial charge < -0.3 is 4.74 Å². The summed E-state index contributed by atoms with van der Waals surface area (Å²) >= 11 is 5.88. The summed E-state index contributed by atoms with van der Waals surface area (Å²) in [5.74, 6) is 0. The van der Waals surface area contributed by atoms with Crippen molar-refractivity contribution >= 4 is 17.7 Å². The Balaban J connectivity index is 1.82. The van der Waals surface area contributed by atoms with Gasteiger partial charge in [0, 0.05) is 18.1 Å². The van der Waals surface area contributed by atoms with Crippen LogP contribution in [0.25, 0.3) is 6.08 Å². The minimum absolute atomic E-state index is 0.784. The van der Waals surface area contributed by atoms with Crippen LogP contribution in [0.3, 0.4) is 0 Å². The molecule has 2 nitrogen and oxygen atoms in total. The quantitative estimate of drug-likeness (QED) is 0.764. The van der Waals surface area contributed by atoms with Crippen molar-refractivity contribution in [1.29, 1.82) is 0 Å². The van der Waals surface area contributed by atoms with E-state index in [4.69, 9.17) is 16.3 Å². The summed E-state index contributed by atoms with van der Waals surface area (Å²) in [6.07, 6.45) is 9.78. The van der Waals surface area contributed by atoms with Crippen molar-refractivity contribution in [3.63, 3.8) is 0 Å². The number of halogens is 1. The van der Waals surface area contributed by atoms with Gasteiger partial charge >= 0.3 is 0 Å². The number of rotatable bonds is 4. The smallest absolute Gasteiger partial charge is 0.0817 e. The zero-order chi connectivity index (χ0) is 14.2. The molecule has 0 radical (unpaired) electrons. The molecule has 108 valence electrons. The lowest BCUT2D eigenvalue weighted by atomic mass is 10.1. The molecule has 20 heavy (non-hydrogen) atoms. The fourth-order valence-corrected chi connectivity index (χ4v) is 2.57. The number of hydrogen-bond acceptors (Lipinski definition) is 2. The van der Waals surface area contributed by atoms with Crippen LogP contribution in [0.5, 0.6) is 0 Å². The van der Waals surface area contributed by atoms with Crippen molar-refractivity contribution in [2.45, 2.75) is 19.3 Å². The van der Waals surface area contributed by atoms with Crippen LogP contribution in [0, 0.1) is 0 Å². The Hall–Kier alpha value is -1.25. The average Bonchev–Trinajstić information content (AvgIpc) is 2.67. The molecular formula is C17H22ClNO. The van der Waals surface area contributed by atoms with E-state index >= 15 is 0 Å². The molecule has 2 rings (SSSR count). The summed E-state index contributed by atoms with van der Waals surface area (Å²) in [6, 6.07) is 7.94. The molecule has 0 unspecified atom stereocenters. The second-order valence-electron chi connectivity index (χ2n) is 5.12. The Kier molecular flexibility index (Phi) is 6.16. The van der Waals surface area contributed by atoms with E-state index < -0.39 is 0 Å². The molecule has 1 fully saturated rings. The van der Waals surface area contributed by atoms with Crippen molar-refractivity contribution in [2.75, 3.05) is 26.7 Å². The Morgan fingerprint density at radius 1 is 1.20 bits per heavy atom. The lowest BCUT2D eigenvalue weighted by Crippen LogP contribution is -2.24. The zero-order valence-electron chi connectivity index (χ0n) is 12.0. The highest BCUT2D eigenvalue weighted by atomic mass is 35.5. The van der Waals surface area contributed by atoms with Crippen LogP contribution in [0.4, 0.5) is 0 Å². The molecule has 0 N–H and O–H groups in total. The van der Waals surface area contributed by atoms with Gasteiger partial charge in [0.25, 0.3) is 0 Å². The molecule has 1 heterocycles. The molecule has 1 saturated heterocycles. The predicted octanol–water partition coefficient (Wildman–Crippen LogP) is 4.37. The summed E-state index contributed by atoms with van der Waals surface area (Å²) in [5.41, 5.74) is 2.63. The SMILES string of the molecule is COC=C1CCCN(CC=Cc2ccc(Cl)cc2)CC1. The number of ether oxygens (including phenoxy) is 1. The molecule has 0 spiro atoms. The van der Waals surface area contributed by atoms with Crippen LogP contribution in [0.2, 0.25) is 5.02 Å². The highest BCUT2D eigenvalue weighted by Crippen LogP contribution is 2.16. The van der Waals surface area contributed by atoms with Crippen molar-refractivity contribution < 1.29 is 4.74 Å². The topological polar surface area (TPSA) is 12.5 Å². The highest BCUT2D eigenvalue weighted by Gasteiger charge is 2.10. The lowest BCUT2D eigenvalue weighted by Gasteiger charge is -2.16. The number of likely N-dealkylation sites (tertiary alicyclic amines) is 1. The van der Waals surface area contributed by atoms with E-state index in [2.05, 4.69) is 17.1 Å². The maximum Gasteiger partial charge on any atom is 0.0817 e. The van der Waals surface area contributed by atoms with E-state index in [0.717, 1.165) is 37.5 Å². The third-order valence-electron chi connectivity index (χ3n) is 3.55. The van der Waals surface area contributed by atoms with Crippen LogP contribution in [0.15, 0.2) is 42.2 Å². The summed E-state index contributed by atoms with van der Waals surface area (Å²) in [5, 5.41) is 0.784. The van der Waals surface area contributed by atoms with Crippen LogP contribution < -0.4 is 0 Å². The molecule has 1 aliphatic rings. The van der Waals surface area contributed by atoms with Crippen LogP contribution in [-0.2, 0) is 4.74 Å². The monoisotopic (exact) mass is 291 g/mol. The third kappa shape index (κ3) is 5.03. The van der Waals surface area contributed by atoms with Crippen LogP contribution in [-0.4, -0.2) is 31.6 Å². The molecule has 0 bridgehead atoms. The van der Waals surface area contributed by atoms with Gasteiger partial charge in [-0.3, -0.25) is 4.90 Å². The minimum Gasteiger partial charge on any atom is -0.504 e. The Bertz CT molecular complexity index is 464. The van der Waals surface area contributed by atoms with E-state index in [9.17, 15) is 0 Å².